The fourth-order valence-electron chi connectivity index (χ4n) is 7.67. The highest BCUT2D eigenvalue weighted by atomic mass is 32.1. The average Bonchev–Trinajstić information content (AvgIpc) is 3.40. The van der Waals surface area contributed by atoms with Crippen LogP contribution in [0.2, 0.25) is 0 Å². The fourth-order valence-corrected chi connectivity index (χ4v) is 8.77. The second-order valence-electron chi connectivity index (χ2n) is 12.6. The summed E-state index contributed by atoms with van der Waals surface area (Å²) < 4.78 is 0. The normalized spacial score (nSPS) is 31.6. The summed E-state index contributed by atoms with van der Waals surface area (Å²) in [5, 5.41) is 22.6. The number of rotatable bonds is 5. The van der Waals surface area contributed by atoms with Gasteiger partial charge < -0.3 is 20.8 Å². The number of carbonyl (C=O) groups excluding carboxylic acids is 5. The Hall–Kier alpha value is -3.29. The molecule has 1 aromatic carbocycles. The highest BCUT2D eigenvalue weighted by Gasteiger charge is 2.69. The first kappa shape index (κ1) is 29.8. The van der Waals surface area contributed by atoms with Gasteiger partial charge in [-0.15, -0.1) is 11.3 Å². The Morgan fingerprint density at radius 3 is 2.42 bits per heavy atom. The number of hydrogen-bond donors (Lipinski definition) is 3. The Morgan fingerprint density at radius 1 is 1.07 bits per heavy atom. The molecule has 1 aliphatic heterocycles. The van der Waals surface area contributed by atoms with Gasteiger partial charge in [-0.3, -0.25) is 33.8 Å². The van der Waals surface area contributed by atoms with Gasteiger partial charge in [0.05, 0.1) is 17.5 Å². The van der Waals surface area contributed by atoms with Crippen molar-refractivity contribution in [3.8, 4) is 16.2 Å². The van der Waals surface area contributed by atoms with Gasteiger partial charge in [0.2, 0.25) is 5.91 Å². The van der Waals surface area contributed by atoms with Crippen LogP contribution in [0.25, 0.3) is 10.4 Å². The molecule has 43 heavy (non-hydrogen) atoms. The predicted molar refractivity (Wildman–Crippen MR) is 157 cm³/mol. The zero-order valence-corrected chi connectivity index (χ0v) is 25.2. The smallest absolute Gasteiger partial charge is 0.235 e. The summed E-state index contributed by atoms with van der Waals surface area (Å²) >= 11 is 1.62. The quantitative estimate of drug-likeness (QED) is 0.404. The topological polar surface area (TPSA) is 162 Å². The zero-order chi connectivity index (χ0) is 31.0. The van der Waals surface area contributed by atoms with E-state index in [-0.39, 0.29) is 24.2 Å². The Morgan fingerprint density at radius 2 is 1.77 bits per heavy atom. The molecule has 6 atom stereocenters. The Kier molecular flexibility index (Phi) is 7.41. The number of nitrogens with zero attached hydrogens (tertiary/aromatic N) is 3. The second-order valence-corrected chi connectivity index (χ2v) is 13.8. The number of likely N-dealkylation sites (N-methyl/N-ethyl adjacent to an activating group) is 2. The molecule has 1 saturated heterocycles. The van der Waals surface area contributed by atoms with Crippen LogP contribution in [0.15, 0.2) is 24.3 Å². The van der Waals surface area contributed by atoms with Gasteiger partial charge in [0.1, 0.15) is 5.75 Å². The molecular weight excluding hydrogens is 572 g/mol. The van der Waals surface area contributed by atoms with E-state index in [4.69, 9.17) is 5.73 Å². The number of piperazine rings is 1. The Balaban J connectivity index is 1.37. The molecule has 4 aliphatic rings. The van der Waals surface area contributed by atoms with E-state index in [0.29, 0.717) is 5.56 Å². The number of benzene rings is 1. The van der Waals surface area contributed by atoms with Crippen molar-refractivity contribution in [3.05, 3.63) is 40.3 Å². The van der Waals surface area contributed by atoms with E-state index < -0.39 is 64.4 Å². The number of aromatic hydroxyl groups is 1. The molecule has 228 valence electrons. The monoisotopic (exact) mass is 608 g/mol. The third-order valence-corrected chi connectivity index (χ3v) is 11.0. The van der Waals surface area contributed by atoms with Gasteiger partial charge in [-0.1, -0.05) is 0 Å². The molecule has 2 aromatic rings. The van der Waals surface area contributed by atoms with Crippen molar-refractivity contribution in [3.63, 3.8) is 0 Å². The number of amides is 1. The summed E-state index contributed by atoms with van der Waals surface area (Å²) in [6.07, 6.45) is 0.263. The fraction of sp³-hybridized carbons (Fsp3) is 0.516. The maximum absolute atomic E-state index is 14.0. The Bertz CT molecular complexity index is 1540. The third-order valence-electron chi connectivity index (χ3n) is 9.85. The molecule has 6 rings (SSSR count). The van der Waals surface area contributed by atoms with Crippen LogP contribution in [0.1, 0.15) is 27.2 Å². The standard InChI is InChI=1S/C31H36N4O7S/c1-33(2)25-19-13-15-12-18-17(21-7-4-16(43-21)14-35-10-8-34(3)9-11-35)5-6-20(36)23(18)26(37)22(15)28(39)31(19,42)29(40)24(27(25)38)30(32)41/h4-7,15,19,22,24-25,36,42H,8-14H2,1-3H3,(H2,32,41). The predicted octanol–water partition coefficient (Wildman–Crippen LogP) is 0.343. The maximum atomic E-state index is 14.0. The van der Waals surface area contributed by atoms with Crippen LogP contribution >= 0.6 is 11.3 Å². The van der Waals surface area contributed by atoms with Crippen molar-refractivity contribution >= 4 is 40.4 Å². The van der Waals surface area contributed by atoms with Crippen molar-refractivity contribution in [1.29, 1.82) is 0 Å². The maximum Gasteiger partial charge on any atom is 0.235 e. The van der Waals surface area contributed by atoms with Crippen LogP contribution in [0, 0.1) is 23.7 Å². The summed E-state index contributed by atoms with van der Waals surface area (Å²) in [6.45, 7) is 4.81. The molecule has 0 bridgehead atoms. The highest BCUT2D eigenvalue weighted by molar-refractivity contribution is 7.15. The van der Waals surface area contributed by atoms with E-state index in [9.17, 15) is 34.2 Å². The lowest BCUT2D eigenvalue weighted by Crippen LogP contribution is -2.74. The first-order valence-corrected chi connectivity index (χ1v) is 15.4. The lowest BCUT2D eigenvalue weighted by atomic mass is 9.52. The largest absolute Gasteiger partial charge is 0.507 e. The summed E-state index contributed by atoms with van der Waals surface area (Å²) in [4.78, 5) is 75.2. The summed E-state index contributed by atoms with van der Waals surface area (Å²) in [5.74, 6) is -10.4. The van der Waals surface area contributed by atoms with Crippen LogP contribution in [0.4, 0.5) is 0 Å². The van der Waals surface area contributed by atoms with Crippen molar-refractivity contribution < 1.29 is 34.2 Å². The molecule has 2 heterocycles. The SMILES string of the molecule is CN1CCN(Cc2ccc(-c3ccc(O)c4c3CC3CC5C(N(C)C)C(=O)C(C(N)=O)C(=O)C5(O)C(=O)C3C4=O)s2)CC1. The lowest BCUT2D eigenvalue weighted by molar-refractivity contribution is -0.181. The zero-order valence-electron chi connectivity index (χ0n) is 24.4. The van der Waals surface area contributed by atoms with Crippen LogP contribution in [-0.2, 0) is 32.1 Å². The van der Waals surface area contributed by atoms with E-state index in [1.54, 1.807) is 31.5 Å². The Labute approximate surface area is 253 Å². The van der Waals surface area contributed by atoms with Crippen LogP contribution < -0.4 is 5.73 Å². The molecule has 1 amide bonds. The van der Waals surface area contributed by atoms with E-state index in [1.165, 1.54) is 15.8 Å². The number of ketones is 4. The number of phenolic OH excluding ortho intramolecular Hbond substituents is 1. The number of thiophene rings is 1. The van der Waals surface area contributed by atoms with Crippen LogP contribution in [0.5, 0.6) is 5.75 Å². The van der Waals surface area contributed by atoms with E-state index in [1.807, 2.05) is 6.07 Å². The van der Waals surface area contributed by atoms with Gasteiger partial charge in [0.25, 0.3) is 0 Å². The van der Waals surface area contributed by atoms with E-state index in [2.05, 4.69) is 22.9 Å². The molecule has 2 saturated carbocycles. The van der Waals surface area contributed by atoms with Gasteiger partial charge in [-0.2, -0.15) is 0 Å². The highest BCUT2D eigenvalue weighted by Crippen LogP contribution is 2.52. The molecular formula is C31H36N4O7S. The summed E-state index contributed by atoms with van der Waals surface area (Å²) in [7, 11) is 5.26. The number of aliphatic hydroxyl groups is 1. The minimum absolute atomic E-state index is 0.0121. The minimum Gasteiger partial charge on any atom is -0.507 e. The second kappa shape index (κ2) is 10.7. The van der Waals surface area contributed by atoms with Crippen molar-refractivity contribution in [1.82, 2.24) is 14.7 Å². The molecule has 1 aromatic heterocycles. The molecule has 3 aliphatic carbocycles. The lowest BCUT2D eigenvalue weighted by Gasteiger charge is -2.52. The number of primary amides is 1. The van der Waals surface area contributed by atoms with E-state index in [0.717, 1.165) is 43.2 Å². The van der Waals surface area contributed by atoms with Crippen molar-refractivity contribution in [2.45, 2.75) is 31.0 Å². The molecule has 12 heteroatoms. The first-order chi connectivity index (χ1) is 20.3. The van der Waals surface area contributed by atoms with Gasteiger partial charge >= 0.3 is 0 Å². The molecule has 11 nitrogen and oxygen atoms in total. The number of nitrogens with two attached hydrogens (primary N) is 1. The van der Waals surface area contributed by atoms with Gasteiger partial charge in [0.15, 0.2) is 34.7 Å². The van der Waals surface area contributed by atoms with Crippen LogP contribution in [0.3, 0.4) is 0 Å². The van der Waals surface area contributed by atoms with Gasteiger partial charge in [0, 0.05) is 48.4 Å². The molecule has 0 spiro atoms. The number of Topliss-reactive ketones (excluding diaryl/α,β-unsaturated/α-hetero) is 4. The molecule has 4 N–H and O–H groups in total. The van der Waals surface area contributed by atoms with Gasteiger partial charge in [-0.05, 0) is 75.3 Å². The van der Waals surface area contributed by atoms with Crippen molar-refractivity contribution in [2.75, 3.05) is 47.3 Å². The van der Waals surface area contributed by atoms with Crippen molar-refractivity contribution in [2.24, 2.45) is 29.4 Å². The summed E-state index contributed by atoms with van der Waals surface area (Å²) in [5.41, 5.74) is 4.07. The molecule has 6 unspecified atom stereocenters. The number of phenols is 1. The van der Waals surface area contributed by atoms with Crippen LogP contribution in [-0.4, -0.2) is 113 Å². The number of fused-ring (bicyclic) bond motifs is 3. The first-order valence-electron chi connectivity index (χ1n) is 14.5. The molecule has 3 fully saturated rings. The van der Waals surface area contributed by atoms with E-state index >= 15 is 0 Å². The van der Waals surface area contributed by atoms with Gasteiger partial charge in [-0.25, -0.2) is 0 Å². The minimum atomic E-state index is -2.73. The molecule has 0 radical (unpaired) electrons. The third kappa shape index (κ3) is 4.58. The summed E-state index contributed by atoms with van der Waals surface area (Å²) in [6, 6.07) is 6.17. The number of carbonyl (C=O) groups is 5. The number of hydrogen-bond acceptors (Lipinski definition) is 11. The average molecular weight is 609 g/mol.